The van der Waals surface area contributed by atoms with Crippen molar-refractivity contribution in [1.82, 2.24) is 9.80 Å². The number of rotatable bonds is 2. The smallest absolute Gasteiger partial charge is 0.226 e. The second kappa shape index (κ2) is 4.09. The first kappa shape index (κ1) is 12.7. The van der Waals surface area contributed by atoms with Crippen LogP contribution in [0, 0.1) is 35.5 Å². The fraction of sp³-hybridized carbons (Fsp3) is 0.733. The number of carbonyl (C=O) groups excluding carboxylic acids is 2. The summed E-state index contributed by atoms with van der Waals surface area (Å²) in [5.74, 6) is 1.78. The molecule has 4 nitrogen and oxygen atoms in total. The van der Waals surface area contributed by atoms with Gasteiger partial charge in [0.1, 0.15) is 0 Å². The molecule has 0 aromatic rings. The van der Waals surface area contributed by atoms with Crippen molar-refractivity contribution in [2.75, 3.05) is 28.2 Å². The van der Waals surface area contributed by atoms with Gasteiger partial charge in [0.25, 0.3) is 0 Å². The lowest BCUT2D eigenvalue weighted by Crippen LogP contribution is -2.52. The third-order valence-corrected chi connectivity index (χ3v) is 5.10. The number of nitrogens with zero attached hydrogens (tertiary/aromatic N) is 2. The van der Waals surface area contributed by atoms with Crippen LogP contribution in [-0.2, 0) is 9.59 Å². The average Bonchev–Trinajstić information content (AvgIpc) is 3.17. The molecule has 6 atom stereocenters. The fourth-order valence-electron chi connectivity index (χ4n) is 4.15. The molecule has 2 bridgehead atoms. The average molecular weight is 262 g/mol. The molecule has 0 aromatic heterocycles. The van der Waals surface area contributed by atoms with E-state index in [1.54, 1.807) is 38.0 Å². The van der Waals surface area contributed by atoms with Crippen LogP contribution in [0.1, 0.15) is 6.42 Å². The van der Waals surface area contributed by atoms with Crippen LogP contribution in [-0.4, -0.2) is 49.8 Å². The van der Waals surface area contributed by atoms with Gasteiger partial charge in [0.05, 0.1) is 11.8 Å². The number of carbonyl (C=O) groups is 2. The third-order valence-electron chi connectivity index (χ3n) is 5.10. The summed E-state index contributed by atoms with van der Waals surface area (Å²) in [6, 6.07) is 0. The highest BCUT2D eigenvalue weighted by molar-refractivity contribution is 5.89. The van der Waals surface area contributed by atoms with Crippen LogP contribution in [0.4, 0.5) is 0 Å². The van der Waals surface area contributed by atoms with Gasteiger partial charge in [-0.05, 0) is 30.1 Å². The van der Waals surface area contributed by atoms with Gasteiger partial charge in [0.15, 0.2) is 0 Å². The Bertz CT molecular complexity index is 415. The number of allylic oxidation sites excluding steroid dienone is 2. The lowest BCUT2D eigenvalue weighted by atomic mass is 9.61. The van der Waals surface area contributed by atoms with Gasteiger partial charge in [-0.25, -0.2) is 0 Å². The van der Waals surface area contributed by atoms with Gasteiger partial charge in [0, 0.05) is 28.2 Å². The molecule has 0 heterocycles. The highest BCUT2D eigenvalue weighted by Crippen LogP contribution is 2.63. The molecule has 4 rings (SSSR count). The van der Waals surface area contributed by atoms with E-state index in [2.05, 4.69) is 12.2 Å². The maximum absolute atomic E-state index is 12.5. The third kappa shape index (κ3) is 1.72. The quantitative estimate of drug-likeness (QED) is 0.692. The Morgan fingerprint density at radius 1 is 0.842 bits per heavy atom. The predicted molar refractivity (Wildman–Crippen MR) is 72.1 cm³/mol. The van der Waals surface area contributed by atoms with Gasteiger partial charge in [-0.3, -0.25) is 9.59 Å². The minimum absolute atomic E-state index is 0.116. The fourth-order valence-corrected chi connectivity index (χ4v) is 4.15. The summed E-state index contributed by atoms with van der Waals surface area (Å²) in [6.07, 6.45) is 5.59. The summed E-state index contributed by atoms with van der Waals surface area (Å²) in [4.78, 5) is 28.3. The molecule has 0 radical (unpaired) electrons. The van der Waals surface area contributed by atoms with Crippen LogP contribution in [0.3, 0.4) is 0 Å². The second-order valence-electron chi connectivity index (χ2n) is 6.62. The summed E-state index contributed by atoms with van der Waals surface area (Å²) in [5.41, 5.74) is 0. The minimum Gasteiger partial charge on any atom is -0.349 e. The Morgan fingerprint density at radius 3 is 1.53 bits per heavy atom. The highest BCUT2D eigenvalue weighted by Gasteiger charge is 2.63. The monoisotopic (exact) mass is 262 g/mol. The number of hydrogen-bond acceptors (Lipinski definition) is 2. The van der Waals surface area contributed by atoms with Crippen molar-refractivity contribution in [3.63, 3.8) is 0 Å². The molecule has 0 spiro atoms. The topological polar surface area (TPSA) is 40.6 Å². The molecule has 6 unspecified atom stereocenters. The summed E-state index contributed by atoms with van der Waals surface area (Å²) >= 11 is 0. The van der Waals surface area contributed by atoms with Gasteiger partial charge in [0.2, 0.25) is 11.8 Å². The molecule has 0 aromatic carbocycles. The molecular weight excluding hydrogens is 240 g/mol. The molecule has 0 N–H and O–H groups in total. The first-order valence-corrected chi connectivity index (χ1v) is 7.04. The van der Waals surface area contributed by atoms with E-state index in [9.17, 15) is 9.59 Å². The van der Waals surface area contributed by atoms with Crippen molar-refractivity contribution in [3.05, 3.63) is 12.2 Å². The molecule has 4 aliphatic rings. The highest BCUT2D eigenvalue weighted by atomic mass is 16.2. The molecule has 2 saturated carbocycles. The van der Waals surface area contributed by atoms with E-state index in [1.165, 1.54) is 6.42 Å². The largest absolute Gasteiger partial charge is 0.349 e. The van der Waals surface area contributed by atoms with Crippen LogP contribution >= 0.6 is 0 Å². The van der Waals surface area contributed by atoms with Crippen molar-refractivity contribution >= 4 is 11.8 Å². The normalized spacial score (nSPS) is 41.7. The van der Waals surface area contributed by atoms with Gasteiger partial charge in [-0.2, -0.15) is 0 Å². The van der Waals surface area contributed by atoms with Gasteiger partial charge < -0.3 is 9.80 Å². The number of amides is 2. The van der Waals surface area contributed by atoms with Crippen LogP contribution in [0.5, 0.6) is 0 Å². The Labute approximate surface area is 114 Å². The molecule has 4 heteroatoms. The predicted octanol–water partition coefficient (Wildman–Crippen LogP) is 0.847. The maximum atomic E-state index is 12.5. The van der Waals surface area contributed by atoms with Gasteiger partial charge >= 0.3 is 0 Å². The van der Waals surface area contributed by atoms with Crippen molar-refractivity contribution in [1.29, 1.82) is 0 Å². The second-order valence-corrected chi connectivity index (χ2v) is 6.62. The van der Waals surface area contributed by atoms with Gasteiger partial charge in [-0.15, -0.1) is 0 Å². The number of hydrogen-bond donors (Lipinski definition) is 0. The Morgan fingerprint density at radius 2 is 1.21 bits per heavy atom. The van der Waals surface area contributed by atoms with Crippen LogP contribution in [0.15, 0.2) is 12.2 Å². The Balaban J connectivity index is 1.97. The first-order valence-electron chi connectivity index (χ1n) is 7.04. The summed E-state index contributed by atoms with van der Waals surface area (Å²) < 4.78 is 0. The number of fused-ring (bicyclic) bond motifs is 1. The van der Waals surface area contributed by atoms with E-state index in [0.717, 1.165) is 0 Å². The van der Waals surface area contributed by atoms with E-state index in [4.69, 9.17) is 0 Å². The lowest BCUT2D eigenvalue weighted by Gasteiger charge is -2.44. The van der Waals surface area contributed by atoms with Crippen LogP contribution in [0.2, 0.25) is 0 Å². The minimum atomic E-state index is -0.149. The van der Waals surface area contributed by atoms with E-state index < -0.39 is 0 Å². The van der Waals surface area contributed by atoms with Crippen molar-refractivity contribution in [2.24, 2.45) is 35.5 Å². The van der Waals surface area contributed by atoms with E-state index in [1.807, 2.05) is 0 Å². The standard InChI is InChI=1S/C15H22N2O2/c1-16(2)14(18)12-8-5-6-9(11-7-10(8)11)13(12)15(19)17(3)4/h5-6,8-13H,7H2,1-4H3. The van der Waals surface area contributed by atoms with Crippen molar-refractivity contribution < 1.29 is 9.59 Å². The molecule has 2 fully saturated rings. The molecule has 104 valence electrons. The van der Waals surface area contributed by atoms with Gasteiger partial charge in [-0.1, -0.05) is 12.2 Å². The lowest BCUT2D eigenvalue weighted by molar-refractivity contribution is -0.150. The Hall–Kier alpha value is -1.32. The zero-order valence-corrected chi connectivity index (χ0v) is 12.0. The van der Waals surface area contributed by atoms with E-state index in [-0.39, 0.29) is 35.5 Å². The van der Waals surface area contributed by atoms with Crippen molar-refractivity contribution in [2.45, 2.75) is 6.42 Å². The molecular formula is C15H22N2O2. The summed E-state index contributed by atoms with van der Waals surface area (Å²) in [7, 11) is 7.15. The zero-order valence-electron chi connectivity index (χ0n) is 12.0. The molecule has 2 amide bonds. The van der Waals surface area contributed by atoms with E-state index in [0.29, 0.717) is 11.8 Å². The van der Waals surface area contributed by atoms with Crippen molar-refractivity contribution in [3.8, 4) is 0 Å². The molecule has 0 aliphatic heterocycles. The molecule has 0 saturated heterocycles. The van der Waals surface area contributed by atoms with E-state index >= 15 is 0 Å². The summed E-state index contributed by atoms with van der Waals surface area (Å²) in [5, 5.41) is 0. The maximum Gasteiger partial charge on any atom is 0.226 e. The summed E-state index contributed by atoms with van der Waals surface area (Å²) in [6.45, 7) is 0. The SMILES string of the molecule is CN(C)C(=O)C1C2C=CC(C3CC23)C1C(=O)N(C)C. The zero-order chi connectivity index (χ0) is 13.9. The molecule has 4 aliphatic carbocycles. The van der Waals surface area contributed by atoms with Crippen LogP contribution < -0.4 is 0 Å². The van der Waals surface area contributed by atoms with Crippen LogP contribution in [0.25, 0.3) is 0 Å². The first-order chi connectivity index (χ1) is 8.93. The molecule has 19 heavy (non-hydrogen) atoms. The Kier molecular flexibility index (Phi) is 2.73.